The Hall–Kier alpha value is -2.39. The number of carbonyl (C=O) groups is 3. The predicted molar refractivity (Wildman–Crippen MR) is 94.4 cm³/mol. The molecule has 0 saturated carbocycles. The maximum Gasteiger partial charge on any atom is 0.341 e. The summed E-state index contributed by atoms with van der Waals surface area (Å²) < 4.78 is 6.43. The van der Waals surface area contributed by atoms with Crippen molar-refractivity contribution >= 4 is 45.7 Å². The zero-order chi connectivity index (χ0) is 18.7. The lowest BCUT2D eigenvalue weighted by Gasteiger charge is -2.08. The van der Waals surface area contributed by atoms with Crippen LogP contribution in [0.1, 0.15) is 49.9 Å². The van der Waals surface area contributed by atoms with Crippen molar-refractivity contribution in [2.75, 3.05) is 11.9 Å². The molecule has 2 rings (SSSR count). The van der Waals surface area contributed by atoms with Crippen LogP contribution in [-0.2, 0) is 11.3 Å². The molecule has 2 aromatic rings. The first-order valence-corrected chi connectivity index (χ1v) is 8.64. The van der Waals surface area contributed by atoms with Gasteiger partial charge in [-0.3, -0.25) is 14.3 Å². The number of nitrogens with two attached hydrogens (primary N) is 1. The molecule has 0 aliphatic rings. The number of rotatable bonds is 6. The van der Waals surface area contributed by atoms with Gasteiger partial charge in [-0.1, -0.05) is 11.6 Å². The van der Waals surface area contributed by atoms with E-state index in [1.54, 1.807) is 13.8 Å². The molecule has 0 spiro atoms. The van der Waals surface area contributed by atoms with Crippen LogP contribution in [0.5, 0.6) is 0 Å². The molecule has 3 N–H and O–H groups in total. The van der Waals surface area contributed by atoms with Crippen molar-refractivity contribution in [2.24, 2.45) is 5.73 Å². The zero-order valence-corrected chi connectivity index (χ0v) is 15.5. The second kappa shape index (κ2) is 7.66. The molecule has 0 bridgehead atoms. The molecule has 0 atom stereocenters. The van der Waals surface area contributed by atoms with Gasteiger partial charge in [0.25, 0.3) is 11.8 Å². The average Bonchev–Trinajstić information content (AvgIpc) is 3.07. The van der Waals surface area contributed by atoms with Crippen LogP contribution in [0.4, 0.5) is 5.00 Å². The molecule has 25 heavy (non-hydrogen) atoms. The van der Waals surface area contributed by atoms with E-state index in [2.05, 4.69) is 10.4 Å². The summed E-state index contributed by atoms with van der Waals surface area (Å²) in [6.07, 6.45) is 1.36. The Bertz CT molecular complexity index is 843. The lowest BCUT2D eigenvalue weighted by Crippen LogP contribution is -2.19. The third-order valence-corrected chi connectivity index (χ3v) is 4.89. The van der Waals surface area contributed by atoms with Gasteiger partial charge in [0.1, 0.15) is 10.7 Å². The monoisotopic (exact) mass is 384 g/mol. The molecule has 0 aliphatic heterocycles. The van der Waals surface area contributed by atoms with Crippen molar-refractivity contribution in [2.45, 2.75) is 27.3 Å². The van der Waals surface area contributed by atoms with Gasteiger partial charge in [0, 0.05) is 6.54 Å². The van der Waals surface area contributed by atoms with Gasteiger partial charge in [0.15, 0.2) is 0 Å². The quantitative estimate of drug-likeness (QED) is 0.742. The van der Waals surface area contributed by atoms with E-state index in [9.17, 15) is 14.4 Å². The minimum atomic E-state index is -0.690. The number of esters is 1. The lowest BCUT2D eigenvalue weighted by atomic mass is 10.1. The molecule has 2 heterocycles. The summed E-state index contributed by atoms with van der Waals surface area (Å²) in [5.74, 6) is -1.88. The summed E-state index contributed by atoms with van der Waals surface area (Å²) in [5, 5.41) is 6.96. The first-order chi connectivity index (χ1) is 11.8. The normalized spacial score (nSPS) is 10.6. The fourth-order valence-electron chi connectivity index (χ4n) is 2.28. The van der Waals surface area contributed by atoms with Crippen molar-refractivity contribution in [1.29, 1.82) is 0 Å². The average molecular weight is 385 g/mol. The Balaban J connectivity index is 2.46. The highest BCUT2D eigenvalue weighted by Crippen LogP contribution is 2.34. The number of aromatic nitrogens is 2. The van der Waals surface area contributed by atoms with Gasteiger partial charge in [-0.15, -0.1) is 11.3 Å². The minimum Gasteiger partial charge on any atom is -0.462 e. The number of hydrogen-bond acceptors (Lipinski definition) is 6. The molecule has 134 valence electrons. The van der Waals surface area contributed by atoms with Crippen LogP contribution in [0.2, 0.25) is 5.02 Å². The first-order valence-electron chi connectivity index (χ1n) is 7.44. The standard InChI is InChI=1S/C15H17ClN4O4S/c1-4-20-10(8(16)6-18-20)13(22)19-14-9(15(23)24-5-2)7(3)11(25-14)12(17)21/h6H,4-5H2,1-3H3,(H2,17,21)(H,19,22). The molecule has 2 amide bonds. The maximum atomic E-state index is 12.6. The van der Waals surface area contributed by atoms with Gasteiger partial charge >= 0.3 is 5.97 Å². The maximum absolute atomic E-state index is 12.6. The van der Waals surface area contributed by atoms with Crippen LogP contribution in [0.3, 0.4) is 0 Å². The lowest BCUT2D eigenvalue weighted by molar-refractivity contribution is 0.0527. The summed E-state index contributed by atoms with van der Waals surface area (Å²) in [6.45, 7) is 5.64. The van der Waals surface area contributed by atoms with Gasteiger partial charge in [-0.25, -0.2) is 4.79 Å². The Morgan fingerprint density at radius 2 is 2.08 bits per heavy atom. The fraction of sp³-hybridized carbons (Fsp3) is 0.333. The number of anilines is 1. The van der Waals surface area contributed by atoms with Crippen molar-refractivity contribution in [1.82, 2.24) is 9.78 Å². The first kappa shape index (κ1) is 18.9. The number of carbonyl (C=O) groups excluding carboxylic acids is 3. The van der Waals surface area contributed by atoms with Gasteiger partial charge < -0.3 is 15.8 Å². The number of halogens is 1. The third kappa shape index (κ3) is 3.67. The van der Waals surface area contributed by atoms with E-state index in [-0.39, 0.29) is 32.8 Å². The van der Waals surface area contributed by atoms with E-state index >= 15 is 0 Å². The Labute approximate surface area is 152 Å². The molecule has 0 aromatic carbocycles. The molecular weight excluding hydrogens is 368 g/mol. The van der Waals surface area contributed by atoms with E-state index < -0.39 is 17.8 Å². The van der Waals surface area contributed by atoms with E-state index in [0.717, 1.165) is 11.3 Å². The highest BCUT2D eigenvalue weighted by molar-refractivity contribution is 7.18. The number of ether oxygens (including phenoxy) is 1. The Kier molecular flexibility index (Phi) is 5.81. The van der Waals surface area contributed by atoms with E-state index in [0.29, 0.717) is 12.1 Å². The smallest absolute Gasteiger partial charge is 0.341 e. The molecule has 0 radical (unpaired) electrons. The summed E-state index contributed by atoms with van der Waals surface area (Å²) in [6, 6.07) is 0. The molecular formula is C15H17ClN4O4S. The van der Waals surface area contributed by atoms with Crippen LogP contribution in [0.25, 0.3) is 0 Å². The second-order valence-corrected chi connectivity index (χ2v) is 6.38. The van der Waals surface area contributed by atoms with Crippen LogP contribution < -0.4 is 11.1 Å². The molecule has 8 nitrogen and oxygen atoms in total. The summed E-state index contributed by atoms with van der Waals surface area (Å²) >= 11 is 6.93. The van der Waals surface area contributed by atoms with Gasteiger partial charge in [-0.2, -0.15) is 5.10 Å². The molecule has 2 aromatic heterocycles. The van der Waals surface area contributed by atoms with Crippen LogP contribution in [0, 0.1) is 6.92 Å². The zero-order valence-electron chi connectivity index (χ0n) is 13.9. The van der Waals surface area contributed by atoms with Gasteiger partial charge in [-0.05, 0) is 26.3 Å². The van der Waals surface area contributed by atoms with Gasteiger partial charge in [0.05, 0.1) is 28.3 Å². The number of nitrogens with one attached hydrogen (secondary N) is 1. The highest BCUT2D eigenvalue weighted by atomic mass is 35.5. The van der Waals surface area contributed by atoms with Crippen molar-refractivity contribution < 1.29 is 19.1 Å². The molecule has 0 aliphatic carbocycles. The van der Waals surface area contributed by atoms with Crippen LogP contribution in [-0.4, -0.2) is 34.2 Å². The largest absolute Gasteiger partial charge is 0.462 e. The van der Waals surface area contributed by atoms with Crippen LogP contribution >= 0.6 is 22.9 Å². The molecule has 10 heteroatoms. The summed E-state index contributed by atoms with van der Waals surface area (Å²) in [5.41, 5.74) is 5.96. The minimum absolute atomic E-state index is 0.104. The fourth-order valence-corrected chi connectivity index (χ4v) is 3.55. The van der Waals surface area contributed by atoms with E-state index in [4.69, 9.17) is 22.1 Å². The van der Waals surface area contributed by atoms with Gasteiger partial charge in [0.2, 0.25) is 0 Å². The number of amides is 2. The number of thiophene rings is 1. The summed E-state index contributed by atoms with van der Waals surface area (Å²) in [4.78, 5) is 36.5. The number of hydrogen-bond donors (Lipinski definition) is 2. The van der Waals surface area contributed by atoms with Crippen molar-refractivity contribution in [3.05, 3.63) is 32.9 Å². The third-order valence-electron chi connectivity index (χ3n) is 3.39. The Morgan fingerprint density at radius 1 is 1.40 bits per heavy atom. The second-order valence-electron chi connectivity index (χ2n) is 4.96. The SMILES string of the molecule is CCOC(=O)c1c(NC(=O)c2c(Cl)cnn2CC)sc(C(N)=O)c1C. The molecule has 0 fully saturated rings. The van der Waals surface area contributed by atoms with Crippen LogP contribution in [0.15, 0.2) is 6.20 Å². The van der Waals surface area contributed by atoms with Crippen molar-refractivity contribution in [3.63, 3.8) is 0 Å². The molecule has 0 unspecified atom stereocenters. The van der Waals surface area contributed by atoms with E-state index in [1.165, 1.54) is 10.9 Å². The topological polar surface area (TPSA) is 116 Å². The number of primary amides is 1. The van der Waals surface area contributed by atoms with Crippen molar-refractivity contribution in [3.8, 4) is 0 Å². The highest BCUT2D eigenvalue weighted by Gasteiger charge is 2.27. The number of nitrogens with zero attached hydrogens (tertiary/aromatic N) is 2. The Morgan fingerprint density at radius 3 is 2.64 bits per heavy atom. The summed E-state index contributed by atoms with van der Waals surface area (Å²) in [7, 11) is 0. The molecule has 0 saturated heterocycles. The van der Waals surface area contributed by atoms with E-state index in [1.807, 2.05) is 6.92 Å². The number of aryl methyl sites for hydroxylation is 1. The predicted octanol–water partition coefficient (Wildman–Crippen LogP) is 2.45.